The summed E-state index contributed by atoms with van der Waals surface area (Å²) in [5.74, 6) is 0. The highest BCUT2D eigenvalue weighted by Gasteiger charge is 2.17. The van der Waals surface area contributed by atoms with Gasteiger partial charge in [0.2, 0.25) is 0 Å². The number of fused-ring (bicyclic) bond motifs is 10. The molecule has 25 heavy (non-hydrogen) atoms. The summed E-state index contributed by atoms with van der Waals surface area (Å²) < 4.78 is 3.80. The van der Waals surface area contributed by atoms with Crippen molar-refractivity contribution in [3.8, 4) is 0 Å². The van der Waals surface area contributed by atoms with E-state index in [9.17, 15) is 0 Å². The van der Waals surface area contributed by atoms with Crippen molar-refractivity contribution in [2.75, 3.05) is 0 Å². The Balaban J connectivity index is 2.04. The Bertz CT molecular complexity index is 1460. The Labute approximate surface area is 156 Å². The highest BCUT2D eigenvalue weighted by molar-refractivity contribution is 9.10. The fourth-order valence-corrected chi connectivity index (χ4v) is 5.61. The molecule has 0 amide bonds. The van der Waals surface area contributed by atoms with Gasteiger partial charge in [0.25, 0.3) is 0 Å². The summed E-state index contributed by atoms with van der Waals surface area (Å²) in [6, 6.07) is 24.0. The van der Waals surface area contributed by atoms with Crippen LogP contribution in [0.1, 0.15) is 0 Å². The smallest absolute Gasteiger partial charge is 0.0653 e. The average molecular weight is 402 g/mol. The summed E-state index contributed by atoms with van der Waals surface area (Å²) in [5.41, 5.74) is 2.44. The van der Waals surface area contributed by atoms with Gasteiger partial charge in [-0.25, -0.2) is 0 Å². The quantitative estimate of drug-likeness (QED) is 0.269. The normalized spacial score (nSPS) is 12.2. The molecule has 2 aromatic heterocycles. The second-order valence-corrected chi connectivity index (χ2v) is 8.38. The van der Waals surface area contributed by atoms with E-state index in [2.05, 4.69) is 87.6 Å². The van der Waals surface area contributed by atoms with Gasteiger partial charge >= 0.3 is 0 Å². The maximum absolute atomic E-state index is 3.69. The van der Waals surface area contributed by atoms with E-state index in [1.807, 2.05) is 11.3 Å². The van der Waals surface area contributed by atoms with Crippen molar-refractivity contribution in [3.63, 3.8) is 0 Å². The Morgan fingerprint density at radius 3 is 2.28 bits per heavy atom. The molecule has 0 aliphatic heterocycles. The molecule has 6 aromatic rings. The lowest BCUT2D eigenvalue weighted by atomic mass is 9.99. The second-order valence-electron chi connectivity index (χ2n) is 6.41. The first kappa shape index (κ1) is 13.9. The third-order valence-electron chi connectivity index (χ3n) is 5.05. The van der Waals surface area contributed by atoms with Crippen LogP contribution in [0.15, 0.2) is 71.2 Å². The third-order valence-corrected chi connectivity index (χ3v) is 6.73. The molecule has 118 valence electrons. The van der Waals surface area contributed by atoms with Crippen LogP contribution >= 0.6 is 27.3 Å². The van der Waals surface area contributed by atoms with Gasteiger partial charge in [-0.3, -0.25) is 0 Å². The van der Waals surface area contributed by atoms with Gasteiger partial charge in [0, 0.05) is 36.2 Å². The summed E-state index contributed by atoms with van der Waals surface area (Å²) in [6.45, 7) is 0. The van der Waals surface area contributed by atoms with Gasteiger partial charge in [-0.1, -0.05) is 58.4 Å². The van der Waals surface area contributed by atoms with E-state index in [1.54, 1.807) is 0 Å². The second kappa shape index (κ2) is 4.84. The van der Waals surface area contributed by atoms with Gasteiger partial charge in [0.15, 0.2) is 0 Å². The predicted molar refractivity (Wildman–Crippen MR) is 114 cm³/mol. The van der Waals surface area contributed by atoms with Crippen LogP contribution in [0, 0.1) is 0 Å². The third kappa shape index (κ3) is 1.77. The molecule has 0 unspecified atom stereocenters. The van der Waals surface area contributed by atoms with Gasteiger partial charge in [0.1, 0.15) is 0 Å². The molecular formula is C22H12BrNS. The molecule has 0 atom stereocenters. The SMILES string of the molecule is Brc1ccc2[nH]c3c4sc5ccccc5c4c4ccccc4c3c2c1. The first-order valence-corrected chi connectivity index (χ1v) is 9.85. The number of aromatic nitrogens is 1. The molecule has 0 spiro atoms. The number of nitrogens with one attached hydrogen (secondary N) is 1. The lowest BCUT2D eigenvalue weighted by molar-refractivity contribution is 1.56. The summed E-state index contributed by atoms with van der Waals surface area (Å²) in [5, 5.41) is 7.97. The van der Waals surface area contributed by atoms with Crippen LogP contribution in [-0.2, 0) is 0 Å². The van der Waals surface area contributed by atoms with Crippen LogP contribution in [0.25, 0.3) is 52.8 Å². The topological polar surface area (TPSA) is 15.8 Å². The van der Waals surface area contributed by atoms with Crippen molar-refractivity contribution in [2.24, 2.45) is 0 Å². The Kier molecular flexibility index (Phi) is 2.69. The molecule has 4 aromatic carbocycles. The van der Waals surface area contributed by atoms with Crippen LogP contribution < -0.4 is 0 Å². The lowest BCUT2D eigenvalue weighted by Gasteiger charge is -2.04. The summed E-state index contributed by atoms with van der Waals surface area (Å²) >= 11 is 5.52. The molecule has 0 fully saturated rings. The van der Waals surface area contributed by atoms with E-state index >= 15 is 0 Å². The standard InChI is InChI=1S/C22H12BrNS/c23-12-9-10-17-16(11-12)19-13-5-1-2-6-14(13)20-15-7-3-4-8-18(15)25-22(20)21(19)24-17/h1-11,24H. The highest BCUT2D eigenvalue weighted by Crippen LogP contribution is 2.45. The minimum Gasteiger partial charge on any atom is -0.353 e. The molecule has 2 heterocycles. The van der Waals surface area contributed by atoms with Crippen molar-refractivity contribution in [2.45, 2.75) is 0 Å². The molecule has 0 radical (unpaired) electrons. The van der Waals surface area contributed by atoms with Crippen LogP contribution in [0.4, 0.5) is 0 Å². The van der Waals surface area contributed by atoms with Gasteiger partial charge in [-0.15, -0.1) is 11.3 Å². The fraction of sp³-hybridized carbons (Fsp3) is 0. The monoisotopic (exact) mass is 401 g/mol. The number of benzene rings is 4. The van der Waals surface area contributed by atoms with E-state index < -0.39 is 0 Å². The average Bonchev–Trinajstić information content (AvgIpc) is 3.20. The Morgan fingerprint density at radius 1 is 0.720 bits per heavy atom. The Hall–Kier alpha value is -2.36. The zero-order valence-electron chi connectivity index (χ0n) is 13.1. The molecule has 0 aliphatic rings. The summed E-state index contributed by atoms with van der Waals surface area (Å²) in [6.07, 6.45) is 0. The van der Waals surface area contributed by atoms with Crippen LogP contribution in [0.2, 0.25) is 0 Å². The van der Waals surface area contributed by atoms with Crippen LogP contribution in [-0.4, -0.2) is 4.98 Å². The number of halogens is 1. The van der Waals surface area contributed by atoms with Gasteiger partial charge in [-0.2, -0.15) is 0 Å². The first-order valence-electron chi connectivity index (χ1n) is 8.24. The predicted octanol–water partition coefficient (Wildman–Crippen LogP) is 7.60. The Morgan fingerprint density at radius 2 is 1.44 bits per heavy atom. The van der Waals surface area contributed by atoms with E-state index in [1.165, 1.54) is 52.8 Å². The number of hydrogen-bond acceptors (Lipinski definition) is 1. The number of thiophene rings is 1. The molecule has 3 heteroatoms. The zero-order valence-corrected chi connectivity index (χ0v) is 15.5. The van der Waals surface area contributed by atoms with Crippen LogP contribution in [0.5, 0.6) is 0 Å². The molecule has 0 saturated carbocycles. The van der Waals surface area contributed by atoms with Crippen LogP contribution in [0.3, 0.4) is 0 Å². The van der Waals surface area contributed by atoms with Crippen molar-refractivity contribution < 1.29 is 0 Å². The molecule has 1 nitrogen and oxygen atoms in total. The minimum atomic E-state index is 1.11. The number of rotatable bonds is 0. The fourth-order valence-electron chi connectivity index (χ4n) is 4.02. The molecule has 0 aliphatic carbocycles. The first-order chi connectivity index (χ1) is 12.3. The molecule has 0 bridgehead atoms. The van der Waals surface area contributed by atoms with Crippen molar-refractivity contribution in [3.05, 3.63) is 71.2 Å². The summed E-state index contributed by atoms with van der Waals surface area (Å²) in [4.78, 5) is 3.69. The van der Waals surface area contributed by atoms with E-state index in [0.29, 0.717) is 0 Å². The van der Waals surface area contributed by atoms with Crippen molar-refractivity contribution in [1.82, 2.24) is 4.98 Å². The number of H-pyrrole nitrogens is 1. The number of hydrogen-bond donors (Lipinski definition) is 1. The molecular weight excluding hydrogens is 390 g/mol. The highest BCUT2D eigenvalue weighted by atomic mass is 79.9. The van der Waals surface area contributed by atoms with Crippen molar-refractivity contribution in [1.29, 1.82) is 0 Å². The van der Waals surface area contributed by atoms with Crippen molar-refractivity contribution >= 4 is 80.0 Å². The largest absolute Gasteiger partial charge is 0.353 e. The maximum Gasteiger partial charge on any atom is 0.0653 e. The van der Waals surface area contributed by atoms with Gasteiger partial charge in [0.05, 0.1) is 10.2 Å². The molecule has 0 saturated heterocycles. The van der Waals surface area contributed by atoms with E-state index in [-0.39, 0.29) is 0 Å². The lowest BCUT2D eigenvalue weighted by Crippen LogP contribution is -1.78. The maximum atomic E-state index is 3.69. The number of aromatic amines is 1. The summed E-state index contributed by atoms with van der Waals surface area (Å²) in [7, 11) is 0. The van der Waals surface area contributed by atoms with Gasteiger partial charge < -0.3 is 4.98 Å². The zero-order chi connectivity index (χ0) is 16.5. The minimum absolute atomic E-state index is 1.11. The molecule has 6 rings (SSSR count). The van der Waals surface area contributed by atoms with E-state index in [4.69, 9.17) is 0 Å². The molecule has 1 N–H and O–H groups in total. The van der Waals surface area contributed by atoms with Gasteiger partial charge in [-0.05, 0) is 35.0 Å². The van der Waals surface area contributed by atoms with E-state index in [0.717, 1.165) is 4.47 Å².